The van der Waals surface area contributed by atoms with Gasteiger partial charge in [-0.2, -0.15) is 8.42 Å². The quantitative estimate of drug-likeness (QED) is 0.455. The number of urea groups is 1. The van der Waals surface area contributed by atoms with Gasteiger partial charge in [0.2, 0.25) is 0 Å². The van der Waals surface area contributed by atoms with Crippen LogP contribution in [-0.2, 0) is 10.0 Å². The largest absolute Gasteiger partial charge is 0.370 e. The molecule has 5 heterocycles. The van der Waals surface area contributed by atoms with Crippen molar-refractivity contribution >= 4 is 39.4 Å². The maximum atomic E-state index is 13.8. The minimum atomic E-state index is -4.25. The summed E-state index contributed by atoms with van der Waals surface area (Å²) in [4.78, 5) is 42.7. The Morgan fingerprint density at radius 1 is 0.915 bits per heavy atom. The summed E-state index contributed by atoms with van der Waals surface area (Å²) < 4.78 is 28.9. The van der Waals surface area contributed by atoms with Gasteiger partial charge in [0.1, 0.15) is 17.5 Å². The number of aromatic nitrogens is 2. The maximum absolute atomic E-state index is 13.8. The topological polar surface area (TPSA) is 128 Å². The van der Waals surface area contributed by atoms with Crippen LogP contribution >= 0.6 is 0 Å². The van der Waals surface area contributed by atoms with Crippen LogP contribution < -0.4 is 19.8 Å². The Bertz CT molecular complexity index is 1660. The molecule has 2 N–H and O–H groups in total. The second-order valence-electron chi connectivity index (χ2n) is 16.0. The van der Waals surface area contributed by atoms with Crippen molar-refractivity contribution in [3.05, 3.63) is 35.9 Å². The molecule has 3 aliphatic heterocycles. The van der Waals surface area contributed by atoms with Crippen molar-refractivity contribution in [3.8, 4) is 0 Å². The average Bonchev–Trinajstić information content (AvgIpc) is 3.54. The number of nitrogens with zero attached hydrogens (tertiary/aromatic N) is 5. The molecule has 9 rings (SSSR count). The number of pyridine rings is 2. The van der Waals surface area contributed by atoms with Gasteiger partial charge in [-0.1, -0.05) is 6.07 Å². The zero-order valence-electron chi connectivity index (χ0n) is 27.6. The molecular weight excluding hydrogens is 614 g/mol. The monoisotopic (exact) mass is 661 g/mol. The van der Waals surface area contributed by atoms with E-state index in [-0.39, 0.29) is 22.2 Å². The minimum absolute atomic E-state index is 0.0386. The normalized spacial score (nSPS) is 32.4. The number of anilines is 3. The Labute approximate surface area is 277 Å². The zero-order chi connectivity index (χ0) is 32.6. The second kappa shape index (κ2) is 11.3. The van der Waals surface area contributed by atoms with Gasteiger partial charge in [-0.3, -0.25) is 9.69 Å². The fourth-order valence-corrected chi connectivity index (χ4v) is 11.3. The predicted octanol–water partition coefficient (Wildman–Crippen LogP) is 5.25. The van der Waals surface area contributed by atoms with E-state index < -0.39 is 15.9 Å². The molecular formula is C35H47N7O4S. The van der Waals surface area contributed by atoms with Crippen LogP contribution in [0.2, 0.25) is 0 Å². The highest BCUT2D eigenvalue weighted by Crippen LogP contribution is 2.61. The van der Waals surface area contributed by atoms with E-state index in [0.29, 0.717) is 55.0 Å². The number of hydrogen-bond donors (Lipinski definition) is 2. The highest BCUT2D eigenvalue weighted by atomic mass is 32.2. The molecule has 3 amide bonds. The molecule has 11 nitrogen and oxygen atoms in total. The first-order valence-electron chi connectivity index (χ1n) is 17.6. The van der Waals surface area contributed by atoms with E-state index in [1.165, 1.54) is 44.6 Å². The van der Waals surface area contributed by atoms with E-state index in [0.717, 1.165) is 50.0 Å². The van der Waals surface area contributed by atoms with Gasteiger partial charge >= 0.3 is 6.03 Å². The summed E-state index contributed by atoms with van der Waals surface area (Å²) in [6.07, 6.45) is 12.1. The van der Waals surface area contributed by atoms with Crippen molar-refractivity contribution in [2.75, 3.05) is 47.8 Å². The summed E-state index contributed by atoms with van der Waals surface area (Å²) in [5.74, 6) is 3.64. The van der Waals surface area contributed by atoms with Gasteiger partial charge in [-0.25, -0.2) is 19.5 Å². The molecule has 0 unspecified atom stereocenters. The van der Waals surface area contributed by atoms with Crippen molar-refractivity contribution < 1.29 is 18.0 Å². The minimum Gasteiger partial charge on any atom is -0.370 e. The molecule has 4 saturated carbocycles. The maximum Gasteiger partial charge on any atom is 0.325 e. The van der Waals surface area contributed by atoms with Crippen molar-refractivity contribution in [2.45, 2.75) is 88.6 Å². The molecule has 8 bridgehead atoms. The molecule has 1 atom stereocenters. The van der Waals surface area contributed by atoms with Gasteiger partial charge in [-0.05, 0) is 131 Å². The molecule has 7 aliphatic rings. The van der Waals surface area contributed by atoms with Crippen molar-refractivity contribution in [2.24, 2.45) is 29.1 Å². The zero-order valence-corrected chi connectivity index (χ0v) is 28.4. The number of sulfonamides is 1. The van der Waals surface area contributed by atoms with Crippen molar-refractivity contribution in [1.29, 1.82) is 0 Å². The van der Waals surface area contributed by atoms with Crippen LogP contribution in [0.15, 0.2) is 35.4 Å². The summed E-state index contributed by atoms with van der Waals surface area (Å²) >= 11 is 0. The fraction of sp³-hybridized carbons (Fsp3) is 0.657. The first kappa shape index (κ1) is 30.9. The van der Waals surface area contributed by atoms with Crippen LogP contribution in [0.3, 0.4) is 0 Å². The van der Waals surface area contributed by atoms with E-state index in [1.807, 2.05) is 4.90 Å². The molecule has 2 aromatic heterocycles. The summed E-state index contributed by atoms with van der Waals surface area (Å²) in [5.41, 5.74) is 0.257. The van der Waals surface area contributed by atoms with Gasteiger partial charge in [0, 0.05) is 38.3 Å². The van der Waals surface area contributed by atoms with Crippen molar-refractivity contribution in [1.82, 2.24) is 19.6 Å². The Hall–Kier alpha value is -3.41. The van der Waals surface area contributed by atoms with Gasteiger partial charge in [0.25, 0.3) is 15.9 Å². The van der Waals surface area contributed by atoms with E-state index in [4.69, 9.17) is 4.98 Å². The molecule has 252 valence electrons. The van der Waals surface area contributed by atoms with E-state index in [9.17, 15) is 18.0 Å². The van der Waals surface area contributed by atoms with Crippen LogP contribution in [0, 0.1) is 29.1 Å². The number of rotatable bonds is 4. The molecule has 0 aromatic carbocycles. The van der Waals surface area contributed by atoms with E-state index in [1.54, 1.807) is 29.2 Å². The second-order valence-corrected chi connectivity index (χ2v) is 17.6. The van der Waals surface area contributed by atoms with Crippen molar-refractivity contribution in [3.63, 3.8) is 0 Å². The number of carbonyl (C=O) groups is 2. The lowest BCUT2D eigenvalue weighted by Crippen LogP contribution is -2.47. The van der Waals surface area contributed by atoms with Gasteiger partial charge in [-0.15, -0.1) is 0 Å². The molecule has 4 aliphatic carbocycles. The Kier molecular flexibility index (Phi) is 7.46. The average molecular weight is 662 g/mol. The fourth-order valence-electron chi connectivity index (χ4n) is 10.4. The third kappa shape index (κ3) is 5.74. The Balaban J connectivity index is 1.06. The summed E-state index contributed by atoms with van der Waals surface area (Å²) in [5, 5.41) is 3.00. The van der Waals surface area contributed by atoms with Crippen LogP contribution in [0.4, 0.5) is 22.2 Å². The SMILES string of the molecule is CC1(C)C[C@@H]2CCCNc3cccc(n3)S(=O)(=O)NC(=O)c3ccc(N4CCN(CCC56CC7CC(CC(C7)C5)C6)C4=O)nc3N1C2. The standard InChI is InChI=1S/C35H47N7O4S/c1-34(2)18-23-5-4-11-36-28-6-3-7-30(37-28)47(45,46)39-32(43)27-8-9-29(38-31(27)42(34)22-23)41-14-13-40(33(41)44)12-10-35-19-24-15-25(20-35)17-26(16-24)21-35/h3,6-9,23-26H,4-5,10-22H2,1-2H3,(H,36,37)(H,39,43)/t23-,24?,25?,26?,35?/m0/s1. The van der Waals surface area contributed by atoms with Crippen LogP contribution in [0.1, 0.15) is 88.4 Å². The summed E-state index contributed by atoms with van der Waals surface area (Å²) in [6.45, 7) is 7.60. The summed E-state index contributed by atoms with van der Waals surface area (Å²) in [7, 11) is -4.25. The smallest absolute Gasteiger partial charge is 0.325 e. The highest BCUT2D eigenvalue weighted by molar-refractivity contribution is 7.90. The first-order valence-corrected chi connectivity index (χ1v) is 19.1. The number of fused-ring (bicyclic) bond motifs is 6. The van der Waals surface area contributed by atoms with Gasteiger partial charge in [0.05, 0.1) is 5.56 Å². The number of hydrogen-bond acceptors (Lipinski definition) is 8. The number of amides is 3. The third-order valence-electron chi connectivity index (χ3n) is 12.1. The van der Waals surface area contributed by atoms with E-state index >= 15 is 0 Å². The third-order valence-corrected chi connectivity index (χ3v) is 13.3. The number of carbonyl (C=O) groups excluding carboxylic acids is 2. The number of nitrogens with one attached hydrogen (secondary N) is 2. The lowest BCUT2D eigenvalue weighted by molar-refractivity contribution is -0.0592. The molecule has 2 saturated heterocycles. The first-order chi connectivity index (χ1) is 22.5. The molecule has 2 aromatic rings. The molecule has 6 fully saturated rings. The molecule has 12 heteroatoms. The Morgan fingerprint density at radius 3 is 2.40 bits per heavy atom. The van der Waals surface area contributed by atoms with Gasteiger partial charge in [0.15, 0.2) is 5.03 Å². The van der Waals surface area contributed by atoms with Crippen LogP contribution in [-0.4, -0.2) is 73.5 Å². The lowest BCUT2D eigenvalue weighted by atomic mass is 9.49. The highest BCUT2D eigenvalue weighted by Gasteiger charge is 2.51. The predicted molar refractivity (Wildman–Crippen MR) is 180 cm³/mol. The van der Waals surface area contributed by atoms with E-state index in [2.05, 4.69) is 33.8 Å². The molecule has 0 radical (unpaired) electrons. The molecule has 0 spiro atoms. The lowest BCUT2D eigenvalue weighted by Gasteiger charge is -2.57. The summed E-state index contributed by atoms with van der Waals surface area (Å²) in [6, 6.07) is 7.99. The Morgan fingerprint density at radius 2 is 1.66 bits per heavy atom. The van der Waals surface area contributed by atoms with Crippen LogP contribution in [0.5, 0.6) is 0 Å². The van der Waals surface area contributed by atoms with Gasteiger partial charge < -0.3 is 15.1 Å². The molecule has 47 heavy (non-hydrogen) atoms. The van der Waals surface area contributed by atoms with Crippen LogP contribution in [0.25, 0.3) is 0 Å².